The number of rotatable bonds is 7. The summed E-state index contributed by atoms with van der Waals surface area (Å²) < 4.78 is 2.26. The first-order chi connectivity index (χ1) is 25.0. The number of para-hydroxylation sites is 2. The molecule has 0 spiro atoms. The smallest absolute Gasteiger partial charge is 0.267 e. The monoisotopic (exact) mass is 660 g/mol. The number of imide groups is 1. The molecule has 8 rings (SSSR count). The standard InChI is InChI=1S/C47H36N2O2/c1-31-15-7-9-22-37(31)39-24-13-26-41-42-27-14-25-40(38-23-10-8-16-32(38)2)46(42)49(45(39)41)43-28-11-17-33(3)44(43)47(51)48(30-50)36-21-12-20-35(29-36)34-18-5-4-6-19-34/h4-30H,1-3H3. The van der Waals surface area contributed by atoms with E-state index in [0.717, 1.165) is 71.9 Å². The molecule has 7 aromatic carbocycles. The zero-order valence-corrected chi connectivity index (χ0v) is 28.8. The van der Waals surface area contributed by atoms with Crippen molar-refractivity contribution in [3.8, 4) is 39.1 Å². The zero-order chi connectivity index (χ0) is 35.1. The number of hydrogen-bond acceptors (Lipinski definition) is 2. The van der Waals surface area contributed by atoms with Crippen LogP contribution >= 0.6 is 0 Å². The van der Waals surface area contributed by atoms with Crippen molar-refractivity contribution >= 4 is 39.8 Å². The van der Waals surface area contributed by atoms with Gasteiger partial charge in [0.2, 0.25) is 6.41 Å². The Labute approximate surface area is 297 Å². The number of carbonyl (C=O) groups is 2. The maximum Gasteiger partial charge on any atom is 0.267 e. The maximum atomic E-state index is 14.9. The highest BCUT2D eigenvalue weighted by Crippen LogP contribution is 2.44. The Bertz CT molecular complexity index is 2510. The Hall–Kier alpha value is -6.52. The van der Waals surface area contributed by atoms with Crippen molar-refractivity contribution in [3.63, 3.8) is 0 Å². The van der Waals surface area contributed by atoms with Gasteiger partial charge in [0, 0.05) is 21.9 Å². The molecule has 0 bridgehead atoms. The topological polar surface area (TPSA) is 42.3 Å². The van der Waals surface area contributed by atoms with Crippen molar-refractivity contribution in [1.82, 2.24) is 4.57 Å². The summed E-state index contributed by atoms with van der Waals surface area (Å²) in [6.45, 7) is 6.21. The number of hydrogen-bond donors (Lipinski definition) is 0. The molecule has 0 aliphatic heterocycles. The van der Waals surface area contributed by atoms with Crippen LogP contribution in [0.15, 0.2) is 158 Å². The average molecular weight is 661 g/mol. The second-order valence-corrected chi connectivity index (χ2v) is 13.0. The van der Waals surface area contributed by atoms with Crippen molar-refractivity contribution < 1.29 is 9.59 Å². The fourth-order valence-corrected chi connectivity index (χ4v) is 7.47. The maximum absolute atomic E-state index is 14.9. The van der Waals surface area contributed by atoms with Gasteiger partial charge in [-0.15, -0.1) is 0 Å². The molecule has 0 fully saturated rings. The van der Waals surface area contributed by atoms with E-state index in [9.17, 15) is 9.59 Å². The lowest BCUT2D eigenvalue weighted by molar-refractivity contribution is -0.106. The summed E-state index contributed by atoms with van der Waals surface area (Å²) in [5, 5.41) is 2.17. The second-order valence-electron chi connectivity index (χ2n) is 13.0. The molecule has 8 aromatic rings. The Morgan fingerprint density at radius 1 is 0.510 bits per heavy atom. The van der Waals surface area contributed by atoms with E-state index in [1.54, 1.807) is 0 Å². The highest BCUT2D eigenvalue weighted by atomic mass is 16.2. The molecule has 1 heterocycles. The van der Waals surface area contributed by atoms with Gasteiger partial charge in [0.25, 0.3) is 5.91 Å². The normalized spacial score (nSPS) is 11.2. The summed E-state index contributed by atoms with van der Waals surface area (Å²) in [7, 11) is 0. The van der Waals surface area contributed by atoms with Crippen molar-refractivity contribution in [1.29, 1.82) is 0 Å². The molecule has 0 saturated heterocycles. The molecule has 0 N–H and O–H groups in total. The highest BCUT2D eigenvalue weighted by molar-refractivity contribution is 6.21. The lowest BCUT2D eigenvalue weighted by Crippen LogP contribution is -2.31. The van der Waals surface area contributed by atoms with Crippen LogP contribution in [0.4, 0.5) is 5.69 Å². The predicted octanol–water partition coefficient (Wildman–Crippen LogP) is 11.5. The van der Waals surface area contributed by atoms with Crippen molar-refractivity contribution in [2.75, 3.05) is 4.90 Å². The quantitative estimate of drug-likeness (QED) is 0.160. The van der Waals surface area contributed by atoms with E-state index < -0.39 is 0 Å². The van der Waals surface area contributed by atoms with Gasteiger partial charge in [0.1, 0.15) is 0 Å². The minimum atomic E-state index is -0.389. The summed E-state index contributed by atoms with van der Waals surface area (Å²) in [5.74, 6) is -0.389. The van der Waals surface area contributed by atoms with Crippen LogP contribution in [0.5, 0.6) is 0 Å². The highest BCUT2D eigenvalue weighted by Gasteiger charge is 2.27. The number of aryl methyl sites for hydroxylation is 3. The van der Waals surface area contributed by atoms with Crippen LogP contribution in [-0.4, -0.2) is 16.9 Å². The zero-order valence-electron chi connectivity index (χ0n) is 28.8. The van der Waals surface area contributed by atoms with Gasteiger partial charge in [0.15, 0.2) is 0 Å². The second kappa shape index (κ2) is 13.1. The summed E-state index contributed by atoms with van der Waals surface area (Å²) >= 11 is 0. The first-order valence-corrected chi connectivity index (χ1v) is 17.2. The number of amides is 2. The summed E-state index contributed by atoms with van der Waals surface area (Å²) in [6.07, 6.45) is 0.631. The summed E-state index contributed by atoms with van der Waals surface area (Å²) in [4.78, 5) is 29.1. The fraction of sp³-hybridized carbons (Fsp3) is 0.0638. The predicted molar refractivity (Wildman–Crippen MR) is 211 cm³/mol. The van der Waals surface area contributed by atoms with Crippen LogP contribution < -0.4 is 4.90 Å². The first kappa shape index (κ1) is 31.7. The van der Waals surface area contributed by atoms with Crippen LogP contribution in [0.1, 0.15) is 27.0 Å². The molecular formula is C47H36N2O2. The number of fused-ring (bicyclic) bond motifs is 3. The van der Waals surface area contributed by atoms with Crippen LogP contribution in [0.2, 0.25) is 0 Å². The molecular weight excluding hydrogens is 625 g/mol. The van der Waals surface area contributed by atoms with Gasteiger partial charge in [0.05, 0.1) is 28.0 Å². The third-order valence-electron chi connectivity index (χ3n) is 9.94. The van der Waals surface area contributed by atoms with E-state index in [1.165, 1.54) is 4.90 Å². The fourth-order valence-electron chi connectivity index (χ4n) is 7.47. The van der Waals surface area contributed by atoms with Gasteiger partial charge >= 0.3 is 0 Å². The minimum Gasteiger partial charge on any atom is -0.307 e. The molecule has 0 atom stereocenters. The van der Waals surface area contributed by atoms with Crippen molar-refractivity contribution in [2.45, 2.75) is 20.8 Å². The van der Waals surface area contributed by atoms with Crippen molar-refractivity contribution in [2.24, 2.45) is 0 Å². The van der Waals surface area contributed by atoms with Gasteiger partial charge in [-0.2, -0.15) is 0 Å². The van der Waals surface area contributed by atoms with E-state index in [4.69, 9.17) is 0 Å². The van der Waals surface area contributed by atoms with Gasteiger partial charge < -0.3 is 4.57 Å². The van der Waals surface area contributed by atoms with Crippen LogP contribution in [-0.2, 0) is 4.79 Å². The SMILES string of the molecule is Cc1ccccc1-c1cccc2c3cccc(-c4ccccc4C)c3n(-c3cccc(C)c3C(=O)N(C=O)c3cccc(-c4ccccc4)c3)c12. The summed E-state index contributed by atoms with van der Waals surface area (Å²) in [6, 6.07) is 53.2. The molecule has 1 aromatic heterocycles. The van der Waals surface area contributed by atoms with E-state index in [1.807, 2.05) is 79.7 Å². The largest absolute Gasteiger partial charge is 0.307 e. The van der Waals surface area contributed by atoms with Crippen LogP contribution in [0.3, 0.4) is 0 Å². The third kappa shape index (κ3) is 5.42. The molecule has 0 unspecified atom stereocenters. The number of anilines is 1. The first-order valence-electron chi connectivity index (χ1n) is 17.2. The molecule has 0 saturated carbocycles. The molecule has 2 amide bonds. The molecule has 0 radical (unpaired) electrons. The molecule has 51 heavy (non-hydrogen) atoms. The van der Waals surface area contributed by atoms with E-state index in [0.29, 0.717) is 23.3 Å². The third-order valence-corrected chi connectivity index (χ3v) is 9.94. The average Bonchev–Trinajstić information content (AvgIpc) is 3.51. The number of benzene rings is 7. The van der Waals surface area contributed by atoms with Crippen LogP contribution in [0.25, 0.3) is 60.9 Å². The summed E-state index contributed by atoms with van der Waals surface area (Å²) in [5.41, 5.74) is 13.1. The molecule has 0 aliphatic rings. The van der Waals surface area contributed by atoms with Gasteiger partial charge in [-0.05, 0) is 77.9 Å². The molecule has 4 nitrogen and oxygen atoms in total. The lowest BCUT2D eigenvalue weighted by Gasteiger charge is -2.22. The Kier molecular flexibility index (Phi) is 8.13. The lowest BCUT2D eigenvalue weighted by atomic mass is 9.97. The Morgan fingerprint density at radius 3 is 1.59 bits per heavy atom. The molecule has 246 valence electrons. The molecule has 0 aliphatic carbocycles. The Morgan fingerprint density at radius 2 is 1.00 bits per heavy atom. The van der Waals surface area contributed by atoms with E-state index in [2.05, 4.69) is 103 Å². The number of aromatic nitrogens is 1. The number of nitrogens with zero attached hydrogens (tertiary/aromatic N) is 2. The number of carbonyl (C=O) groups excluding carboxylic acids is 2. The minimum absolute atomic E-state index is 0.389. The van der Waals surface area contributed by atoms with E-state index in [-0.39, 0.29) is 5.91 Å². The van der Waals surface area contributed by atoms with E-state index >= 15 is 0 Å². The molecule has 4 heteroatoms. The van der Waals surface area contributed by atoms with Gasteiger partial charge in [-0.25, -0.2) is 4.90 Å². The van der Waals surface area contributed by atoms with Gasteiger partial charge in [-0.3, -0.25) is 9.59 Å². The van der Waals surface area contributed by atoms with Crippen LogP contribution in [0, 0.1) is 20.8 Å². The Balaban J connectivity index is 1.44. The van der Waals surface area contributed by atoms with Crippen molar-refractivity contribution in [3.05, 3.63) is 180 Å². The van der Waals surface area contributed by atoms with Gasteiger partial charge in [-0.1, -0.05) is 140 Å².